The molecule has 2 aliphatic rings. The van der Waals surface area contributed by atoms with E-state index >= 15 is 0 Å². The highest BCUT2D eigenvalue weighted by molar-refractivity contribution is 5.95. The van der Waals surface area contributed by atoms with E-state index in [1.807, 2.05) is 18.2 Å². The second kappa shape index (κ2) is 6.56. The monoisotopic (exact) mass is 288 g/mol. The van der Waals surface area contributed by atoms with E-state index in [9.17, 15) is 4.79 Å². The van der Waals surface area contributed by atoms with Gasteiger partial charge in [0, 0.05) is 18.3 Å². The minimum Gasteiger partial charge on any atom is -0.324 e. The van der Waals surface area contributed by atoms with Crippen molar-refractivity contribution in [1.82, 2.24) is 15.8 Å². The van der Waals surface area contributed by atoms with Crippen molar-refractivity contribution in [2.75, 3.05) is 18.4 Å². The number of para-hydroxylation sites is 1. The van der Waals surface area contributed by atoms with Gasteiger partial charge in [0.15, 0.2) is 0 Å². The number of hydrogen-bond acceptors (Lipinski definition) is 4. The number of benzene rings is 1. The quantitative estimate of drug-likeness (QED) is 0.785. The topological polar surface area (TPSA) is 56.4 Å². The van der Waals surface area contributed by atoms with Crippen molar-refractivity contribution in [3.05, 3.63) is 29.8 Å². The predicted molar refractivity (Wildman–Crippen MR) is 83.7 cm³/mol. The van der Waals surface area contributed by atoms with Crippen molar-refractivity contribution in [3.63, 3.8) is 0 Å². The zero-order valence-corrected chi connectivity index (χ0v) is 12.6. The average molecular weight is 288 g/mol. The average Bonchev–Trinajstić information content (AvgIpc) is 3.12. The molecule has 2 saturated heterocycles. The van der Waals surface area contributed by atoms with Crippen LogP contribution in [0.25, 0.3) is 0 Å². The number of nitrogens with zero attached hydrogens (tertiary/aromatic N) is 1. The minimum absolute atomic E-state index is 0.0423. The van der Waals surface area contributed by atoms with Gasteiger partial charge in [-0.25, -0.2) is 5.43 Å². The van der Waals surface area contributed by atoms with Gasteiger partial charge < -0.3 is 5.32 Å². The fraction of sp³-hybridized carbons (Fsp3) is 0.562. The highest BCUT2D eigenvalue weighted by Crippen LogP contribution is 2.20. The van der Waals surface area contributed by atoms with Crippen LogP contribution >= 0.6 is 0 Å². The van der Waals surface area contributed by atoms with Gasteiger partial charge in [-0.05, 0) is 50.9 Å². The maximum atomic E-state index is 12.3. The Bertz CT molecular complexity index is 499. The molecule has 3 rings (SSSR count). The Morgan fingerprint density at radius 3 is 2.76 bits per heavy atom. The van der Waals surface area contributed by atoms with Crippen LogP contribution in [0.4, 0.5) is 5.69 Å². The fourth-order valence-electron chi connectivity index (χ4n) is 3.07. The molecule has 2 unspecified atom stereocenters. The van der Waals surface area contributed by atoms with Crippen molar-refractivity contribution in [3.8, 4) is 0 Å². The van der Waals surface area contributed by atoms with E-state index in [-0.39, 0.29) is 11.9 Å². The molecule has 114 valence electrons. The Morgan fingerprint density at radius 2 is 2.05 bits per heavy atom. The molecule has 2 atom stereocenters. The minimum atomic E-state index is -0.153. The molecule has 0 radical (unpaired) electrons. The van der Waals surface area contributed by atoms with Crippen LogP contribution in [0.5, 0.6) is 0 Å². The number of carbonyl (C=O) groups is 1. The van der Waals surface area contributed by atoms with E-state index in [2.05, 4.69) is 34.1 Å². The lowest BCUT2D eigenvalue weighted by Crippen LogP contribution is -2.40. The third kappa shape index (κ3) is 3.61. The summed E-state index contributed by atoms with van der Waals surface area (Å²) >= 11 is 0. The number of carbonyl (C=O) groups excluding carboxylic acids is 1. The highest BCUT2D eigenvalue weighted by Gasteiger charge is 2.27. The van der Waals surface area contributed by atoms with Crippen molar-refractivity contribution in [2.24, 2.45) is 0 Å². The van der Waals surface area contributed by atoms with Gasteiger partial charge in [-0.3, -0.25) is 15.1 Å². The first-order valence-electron chi connectivity index (χ1n) is 7.84. The van der Waals surface area contributed by atoms with Gasteiger partial charge in [0.25, 0.3) is 0 Å². The summed E-state index contributed by atoms with van der Waals surface area (Å²) in [4.78, 5) is 14.8. The smallest absolute Gasteiger partial charge is 0.242 e. The summed E-state index contributed by atoms with van der Waals surface area (Å²) in [7, 11) is 0. The van der Waals surface area contributed by atoms with E-state index in [1.165, 1.54) is 18.4 Å². The van der Waals surface area contributed by atoms with E-state index in [0.717, 1.165) is 31.7 Å². The first-order chi connectivity index (χ1) is 10.2. The van der Waals surface area contributed by atoms with Crippen molar-refractivity contribution in [2.45, 2.75) is 44.8 Å². The normalized spacial score (nSPS) is 26.1. The molecular weight excluding hydrogens is 264 g/mol. The summed E-state index contributed by atoms with van der Waals surface area (Å²) in [5.41, 5.74) is 8.28. The number of amides is 1. The second-order valence-corrected chi connectivity index (χ2v) is 6.11. The second-order valence-electron chi connectivity index (χ2n) is 6.11. The van der Waals surface area contributed by atoms with Crippen LogP contribution in [0.1, 0.15) is 31.7 Å². The summed E-state index contributed by atoms with van der Waals surface area (Å²) in [6.07, 6.45) is 3.38. The molecular formula is C16H24N4O. The molecule has 2 heterocycles. The number of hydrogen-bond donors (Lipinski definition) is 3. The SMILES string of the molecule is CC1CC(C(=O)Nc2ccccc2CN2CCCC2)NN1. The maximum Gasteiger partial charge on any atom is 0.242 e. The Kier molecular flexibility index (Phi) is 4.53. The molecule has 5 heteroatoms. The van der Waals surface area contributed by atoms with Gasteiger partial charge in [-0.15, -0.1) is 0 Å². The molecule has 2 aliphatic heterocycles. The van der Waals surface area contributed by atoms with Crippen molar-refractivity contribution >= 4 is 11.6 Å². The van der Waals surface area contributed by atoms with Gasteiger partial charge in [0.1, 0.15) is 6.04 Å². The highest BCUT2D eigenvalue weighted by atomic mass is 16.2. The lowest BCUT2D eigenvalue weighted by molar-refractivity contribution is -0.117. The molecule has 5 nitrogen and oxygen atoms in total. The van der Waals surface area contributed by atoms with Crippen LogP contribution in [-0.2, 0) is 11.3 Å². The molecule has 0 saturated carbocycles. The third-order valence-electron chi connectivity index (χ3n) is 4.28. The zero-order chi connectivity index (χ0) is 14.7. The Labute approximate surface area is 126 Å². The molecule has 1 aromatic carbocycles. The molecule has 0 aromatic heterocycles. The van der Waals surface area contributed by atoms with Gasteiger partial charge in [0.05, 0.1) is 0 Å². The van der Waals surface area contributed by atoms with Crippen LogP contribution in [0.15, 0.2) is 24.3 Å². The number of likely N-dealkylation sites (tertiary alicyclic amines) is 1. The van der Waals surface area contributed by atoms with Crippen LogP contribution in [0.2, 0.25) is 0 Å². The molecule has 21 heavy (non-hydrogen) atoms. The summed E-state index contributed by atoms with van der Waals surface area (Å²) < 4.78 is 0. The van der Waals surface area contributed by atoms with Gasteiger partial charge in [-0.2, -0.15) is 0 Å². The molecule has 1 aromatic rings. The number of rotatable bonds is 4. The van der Waals surface area contributed by atoms with E-state index < -0.39 is 0 Å². The van der Waals surface area contributed by atoms with Crippen LogP contribution in [0.3, 0.4) is 0 Å². The van der Waals surface area contributed by atoms with E-state index in [0.29, 0.717) is 6.04 Å². The summed E-state index contributed by atoms with van der Waals surface area (Å²) in [5.74, 6) is 0.0423. The van der Waals surface area contributed by atoms with Crippen molar-refractivity contribution in [1.29, 1.82) is 0 Å². The van der Waals surface area contributed by atoms with Gasteiger partial charge >= 0.3 is 0 Å². The van der Waals surface area contributed by atoms with Crippen LogP contribution in [0, 0.1) is 0 Å². The summed E-state index contributed by atoms with van der Waals surface area (Å²) in [6.45, 7) is 5.31. The largest absolute Gasteiger partial charge is 0.324 e. The standard InChI is InChI=1S/C16H24N4O/c1-12-10-15(19-18-12)16(21)17-14-7-3-2-6-13(14)11-20-8-4-5-9-20/h2-3,6-7,12,15,18-19H,4-5,8-11H2,1H3,(H,17,21). The molecule has 1 amide bonds. The Morgan fingerprint density at radius 1 is 1.29 bits per heavy atom. The van der Waals surface area contributed by atoms with Crippen molar-refractivity contribution < 1.29 is 4.79 Å². The first kappa shape index (κ1) is 14.5. The van der Waals surface area contributed by atoms with Crippen LogP contribution < -0.4 is 16.2 Å². The molecule has 0 spiro atoms. The molecule has 0 aliphatic carbocycles. The summed E-state index contributed by atoms with van der Waals surface area (Å²) in [5, 5.41) is 3.08. The maximum absolute atomic E-state index is 12.3. The lowest BCUT2D eigenvalue weighted by atomic mass is 10.1. The van der Waals surface area contributed by atoms with Crippen LogP contribution in [-0.4, -0.2) is 36.0 Å². The van der Waals surface area contributed by atoms with Gasteiger partial charge in [-0.1, -0.05) is 18.2 Å². The van der Waals surface area contributed by atoms with E-state index in [4.69, 9.17) is 0 Å². The fourth-order valence-corrected chi connectivity index (χ4v) is 3.07. The Balaban J connectivity index is 1.65. The zero-order valence-electron chi connectivity index (χ0n) is 12.6. The molecule has 3 N–H and O–H groups in total. The first-order valence-corrected chi connectivity index (χ1v) is 7.84. The van der Waals surface area contributed by atoms with Gasteiger partial charge in [0.2, 0.25) is 5.91 Å². The number of nitrogens with one attached hydrogen (secondary N) is 3. The van der Waals surface area contributed by atoms with E-state index in [1.54, 1.807) is 0 Å². The molecule has 2 fully saturated rings. The lowest BCUT2D eigenvalue weighted by Gasteiger charge is -2.18. The third-order valence-corrected chi connectivity index (χ3v) is 4.28. The Hall–Kier alpha value is -1.43. The number of anilines is 1. The number of hydrazine groups is 1. The molecule has 0 bridgehead atoms. The predicted octanol–water partition coefficient (Wildman–Crippen LogP) is 1.48. The summed E-state index contributed by atoms with van der Waals surface area (Å²) in [6, 6.07) is 8.30.